The maximum atomic E-state index is 12.6. The average Bonchev–Trinajstić information content (AvgIpc) is 3.48. The minimum atomic E-state index is -0.254. The zero-order chi connectivity index (χ0) is 28.2. The second-order valence-electron chi connectivity index (χ2n) is 10.8. The Hall–Kier alpha value is -4.40. The molecular weight excluding hydrogens is 518 g/mol. The molecule has 210 valence electrons. The molecule has 6 rings (SSSR count). The third-order valence-electron chi connectivity index (χ3n) is 7.84. The molecule has 11 nitrogen and oxygen atoms in total. The number of hydrogen-bond acceptors (Lipinski definition) is 9. The van der Waals surface area contributed by atoms with Crippen LogP contribution in [0.15, 0.2) is 66.0 Å². The number of hydrogen-bond donors (Lipinski definition) is 0. The number of rotatable bonds is 7. The van der Waals surface area contributed by atoms with Crippen LogP contribution in [0.25, 0.3) is 22.4 Å². The summed E-state index contributed by atoms with van der Waals surface area (Å²) >= 11 is 0. The number of likely N-dealkylation sites (tertiary alicyclic amines) is 1. The van der Waals surface area contributed by atoms with Crippen molar-refractivity contribution in [1.82, 2.24) is 34.4 Å². The monoisotopic (exact) mass is 551 g/mol. The summed E-state index contributed by atoms with van der Waals surface area (Å²) in [6, 6.07) is 12.5. The highest BCUT2D eigenvalue weighted by atomic mass is 16.5. The Labute approximate surface area is 238 Å². The topological polar surface area (TPSA) is 118 Å². The van der Waals surface area contributed by atoms with E-state index >= 15 is 0 Å². The summed E-state index contributed by atoms with van der Waals surface area (Å²) in [5, 5.41) is 18.4. The van der Waals surface area contributed by atoms with Crippen molar-refractivity contribution in [2.75, 3.05) is 44.7 Å². The molecule has 2 saturated heterocycles. The number of anilines is 1. The SMILES string of the molecule is CN1CCC(Cn2cc(-c3cnc(N4CCO[C@H](Cn5nc(-c6cccc(C#N)c6)ccc5=O)C4)nc3)cn2)CC1. The third-order valence-corrected chi connectivity index (χ3v) is 7.84. The van der Waals surface area contributed by atoms with Crippen LogP contribution in [0.4, 0.5) is 5.95 Å². The molecule has 0 amide bonds. The molecule has 0 N–H and O–H groups in total. The van der Waals surface area contributed by atoms with Gasteiger partial charge in [0.1, 0.15) is 0 Å². The summed E-state index contributed by atoms with van der Waals surface area (Å²) in [4.78, 5) is 26.3. The van der Waals surface area contributed by atoms with E-state index in [9.17, 15) is 10.1 Å². The number of aromatic nitrogens is 6. The standard InChI is InChI=1S/C30H33N9O2/c1-36-9-7-22(8-10-36)18-38-19-26(17-34-38)25-15-32-30(33-16-25)37-11-12-41-27(20-37)21-39-29(40)6-5-28(35-39)24-4-2-3-23(13-24)14-31/h2-6,13,15-17,19,22,27H,7-12,18,20-21H2,1H3/t27-/m0/s1. The van der Waals surface area contributed by atoms with Crippen molar-refractivity contribution in [3.8, 4) is 28.5 Å². The van der Waals surface area contributed by atoms with Crippen molar-refractivity contribution in [2.45, 2.75) is 32.0 Å². The smallest absolute Gasteiger partial charge is 0.266 e. The molecule has 5 heterocycles. The number of benzene rings is 1. The van der Waals surface area contributed by atoms with Crippen molar-refractivity contribution in [1.29, 1.82) is 5.26 Å². The highest BCUT2D eigenvalue weighted by molar-refractivity contribution is 5.61. The molecule has 2 fully saturated rings. The van der Waals surface area contributed by atoms with Crippen molar-refractivity contribution >= 4 is 5.95 Å². The van der Waals surface area contributed by atoms with Gasteiger partial charge in [-0.15, -0.1) is 0 Å². The van der Waals surface area contributed by atoms with Crippen LogP contribution in [-0.4, -0.2) is 80.4 Å². The van der Waals surface area contributed by atoms with Gasteiger partial charge in [0, 0.05) is 61.0 Å². The molecule has 11 heteroatoms. The van der Waals surface area contributed by atoms with Crippen molar-refractivity contribution in [2.24, 2.45) is 5.92 Å². The van der Waals surface area contributed by atoms with Gasteiger partial charge in [-0.25, -0.2) is 14.6 Å². The Kier molecular flexibility index (Phi) is 7.84. The van der Waals surface area contributed by atoms with Crippen LogP contribution in [0.5, 0.6) is 0 Å². The van der Waals surface area contributed by atoms with Crippen LogP contribution in [0, 0.1) is 17.2 Å². The van der Waals surface area contributed by atoms with Crippen LogP contribution in [-0.2, 0) is 17.8 Å². The molecule has 0 spiro atoms. The maximum absolute atomic E-state index is 12.6. The largest absolute Gasteiger partial charge is 0.373 e. The Morgan fingerprint density at radius 3 is 2.63 bits per heavy atom. The lowest BCUT2D eigenvalue weighted by Gasteiger charge is -2.33. The lowest BCUT2D eigenvalue weighted by Crippen LogP contribution is -2.46. The number of piperidine rings is 1. The molecule has 1 atom stereocenters. The molecule has 0 aliphatic carbocycles. The normalized spacial score (nSPS) is 18.3. The van der Waals surface area contributed by atoms with Crippen molar-refractivity contribution < 1.29 is 4.74 Å². The lowest BCUT2D eigenvalue weighted by molar-refractivity contribution is 0.0260. The fourth-order valence-corrected chi connectivity index (χ4v) is 5.44. The van der Waals surface area contributed by atoms with Gasteiger partial charge in [-0.05, 0) is 57.1 Å². The summed E-state index contributed by atoms with van der Waals surface area (Å²) in [7, 11) is 2.18. The zero-order valence-corrected chi connectivity index (χ0v) is 23.1. The molecule has 1 aromatic carbocycles. The van der Waals surface area contributed by atoms with Gasteiger partial charge in [-0.1, -0.05) is 12.1 Å². The molecular formula is C30H33N9O2. The number of ether oxygens (including phenoxy) is 1. The second-order valence-corrected chi connectivity index (χ2v) is 10.8. The van der Waals surface area contributed by atoms with Crippen LogP contribution < -0.4 is 10.5 Å². The lowest BCUT2D eigenvalue weighted by atomic mass is 9.97. The summed E-state index contributed by atoms with van der Waals surface area (Å²) in [6.07, 6.45) is 9.80. The van der Waals surface area contributed by atoms with Crippen LogP contribution in [0.1, 0.15) is 18.4 Å². The van der Waals surface area contributed by atoms with E-state index in [1.165, 1.54) is 23.6 Å². The first kappa shape index (κ1) is 26.8. The molecule has 41 heavy (non-hydrogen) atoms. The molecule has 2 aliphatic rings. The highest BCUT2D eigenvalue weighted by Crippen LogP contribution is 2.23. The van der Waals surface area contributed by atoms with E-state index in [2.05, 4.69) is 49.3 Å². The number of nitrogens with zero attached hydrogens (tertiary/aromatic N) is 9. The van der Waals surface area contributed by atoms with Gasteiger partial charge in [0.15, 0.2) is 0 Å². The summed E-state index contributed by atoms with van der Waals surface area (Å²) in [5.41, 5.74) is 3.69. The second kappa shape index (κ2) is 12.0. The van der Waals surface area contributed by atoms with Crippen LogP contribution in [0.2, 0.25) is 0 Å². The fraction of sp³-hybridized carbons (Fsp3) is 0.400. The van der Waals surface area contributed by atoms with Gasteiger partial charge in [0.2, 0.25) is 5.95 Å². The van der Waals surface area contributed by atoms with E-state index in [0.717, 1.165) is 36.3 Å². The fourth-order valence-electron chi connectivity index (χ4n) is 5.44. The quantitative estimate of drug-likeness (QED) is 0.342. The minimum absolute atomic E-state index is 0.206. The van der Waals surface area contributed by atoms with Crippen LogP contribution in [0.3, 0.4) is 0 Å². The van der Waals surface area contributed by atoms with Crippen LogP contribution >= 0.6 is 0 Å². The molecule has 4 aromatic rings. The van der Waals surface area contributed by atoms with Gasteiger partial charge in [0.25, 0.3) is 5.56 Å². The van der Waals surface area contributed by atoms with E-state index in [1.54, 1.807) is 24.3 Å². The first-order valence-electron chi connectivity index (χ1n) is 14.0. The Morgan fingerprint density at radius 2 is 1.83 bits per heavy atom. The molecule has 2 aliphatic heterocycles. The summed E-state index contributed by atoms with van der Waals surface area (Å²) in [5.74, 6) is 1.29. The van der Waals surface area contributed by atoms with Gasteiger partial charge >= 0.3 is 0 Å². The third kappa shape index (κ3) is 6.34. The van der Waals surface area contributed by atoms with Gasteiger partial charge in [0.05, 0.1) is 42.8 Å². The number of nitriles is 1. The van der Waals surface area contributed by atoms with Crippen molar-refractivity contribution in [3.05, 3.63) is 77.1 Å². The first-order valence-corrected chi connectivity index (χ1v) is 14.0. The van der Waals surface area contributed by atoms with E-state index in [4.69, 9.17) is 4.74 Å². The minimum Gasteiger partial charge on any atom is -0.373 e. The van der Waals surface area contributed by atoms with Crippen molar-refractivity contribution in [3.63, 3.8) is 0 Å². The Bertz CT molecular complexity index is 1580. The molecule has 0 bridgehead atoms. The Balaban J connectivity index is 1.09. The first-order chi connectivity index (χ1) is 20.0. The van der Waals surface area contributed by atoms with E-state index in [1.807, 2.05) is 29.3 Å². The molecule has 0 saturated carbocycles. The highest BCUT2D eigenvalue weighted by Gasteiger charge is 2.24. The Morgan fingerprint density at radius 1 is 1.00 bits per heavy atom. The zero-order valence-electron chi connectivity index (χ0n) is 23.1. The number of morpholine rings is 1. The molecule has 3 aromatic heterocycles. The predicted octanol–water partition coefficient (Wildman–Crippen LogP) is 2.68. The maximum Gasteiger partial charge on any atom is 0.266 e. The molecule has 0 unspecified atom stereocenters. The predicted molar refractivity (Wildman–Crippen MR) is 154 cm³/mol. The average molecular weight is 552 g/mol. The summed E-state index contributed by atoms with van der Waals surface area (Å²) in [6.45, 7) is 5.23. The molecule has 0 radical (unpaired) electrons. The van der Waals surface area contributed by atoms with E-state index in [0.29, 0.717) is 49.4 Å². The van der Waals surface area contributed by atoms with Gasteiger partial charge in [-0.3, -0.25) is 9.48 Å². The van der Waals surface area contributed by atoms with E-state index in [-0.39, 0.29) is 11.7 Å². The summed E-state index contributed by atoms with van der Waals surface area (Å²) < 4.78 is 9.45. The van der Waals surface area contributed by atoms with Gasteiger partial charge < -0.3 is 14.5 Å². The van der Waals surface area contributed by atoms with E-state index < -0.39 is 0 Å². The van der Waals surface area contributed by atoms with Gasteiger partial charge in [-0.2, -0.15) is 15.5 Å².